The second-order valence-electron chi connectivity index (χ2n) is 8.21. The fourth-order valence-electron chi connectivity index (χ4n) is 3.90. The Morgan fingerprint density at radius 1 is 1.20 bits per heavy atom. The van der Waals surface area contributed by atoms with Gasteiger partial charge in [0.1, 0.15) is 11.1 Å². The Labute approximate surface area is 147 Å². The van der Waals surface area contributed by atoms with Gasteiger partial charge in [-0.25, -0.2) is 13.8 Å². The van der Waals surface area contributed by atoms with Gasteiger partial charge in [0.15, 0.2) is 11.6 Å². The van der Waals surface area contributed by atoms with Gasteiger partial charge in [-0.05, 0) is 51.3 Å². The van der Waals surface area contributed by atoms with E-state index in [1.807, 2.05) is 13.8 Å². The number of hydrogen-bond donors (Lipinski definition) is 0. The zero-order chi connectivity index (χ0) is 18.4. The van der Waals surface area contributed by atoms with Gasteiger partial charge in [0.05, 0.1) is 11.1 Å². The number of hydrogen-bond acceptors (Lipinski definition) is 3. The smallest absolute Gasteiger partial charge is 0.218 e. The fourth-order valence-corrected chi connectivity index (χ4v) is 3.90. The van der Waals surface area contributed by atoms with Crippen LogP contribution < -0.4 is 0 Å². The maximum atomic E-state index is 13.9. The predicted molar refractivity (Wildman–Crippen MR) is 95.8 cm³/mol. The molecule has 0 aliphatic carbocycles. The predicted octanol–water partition coefficient (Wildman–Crippen LogP) is 5.26. The Hall–Kier alpha value is -2.04. The Balaban J connectivity index is 2.07. The van der Waals surface area contributed by atoms with Crippen molar-refractivity contribution in [3.05, 3.63) is 41.6 Å². The Kier molecular flexibility index (Phi) is 4.30. The van der Waals surface area contributed by atoms with Gasteiger partial charge < -0.3 is 4.74 Å². The molecule has 3 rings (SSSR count). The number of aliphatic imine (C=N–C) groups is 1. The van der Waals surface area contributed by atoms with E-state index < -0.39 is 11.6 Å². The van der Waals surface area contributed by atoms with E-state index in [9.17, 15) is 8.78 Å². The topological polar surface area (TPSA) is 34.5 Å². The average molecular weight is 346 g/mol. The van der Waals surface area contributed by atoms with E-state index in [1.54, 1.807) is 6.07 Å². The van der Waals surface area contributed by atoms with Gasteiger partial charge in [-0.2, -0.15) is 0 Å². The Morgan fingerprint density at radius 3 is 2.60 bits per heavy atom. The number of aromatic nitrogens is 1. The third kappa shape index (κ3) is 3.65. The summed E-state index contributed by atoms with van der Waals surface area (Å²) in [6, 6.07) is 4.38. The zero-order valence-corrected chi connectivity index (χ0v) is 15.4. The van der Waals surface area contributed by atoms with E-state index >= 15 is 0 Å². The molecule has 0 spiro atoms. The minimum atomic E-state index is -0.930. The monoisotopic (exact) mass is 346 g/mol. The largest absolute Gasteiger partial charge is 0.471 e. The number of nitrogens with zero attached hydrogens (tertiary/aromatic N) is 2. The number of ether oxygens (including phenoxy) is 1. The van der Waals surface area contributed by atoms with E-state index in [0.717, 1.165) is 18.9 Å². The Bertz CT molecular complexity index is 845. The molecule has 1 unspecified atom stereocenters. The van der Waals surface area contributed by atoms with Crippen LogP contribution in [0.4, 0.5) is 8.78 Å². The van der Waals surface area contributed by atoms with E-state index in [4.69, 9.17) is 9.73 Å². The number of benzene rings is 1. The molecule has 5 heteroatoms. The van der Waals surface area contributed by atoms with Gasteiger partial charge in [-0.1, -0.05) is 13.8 Å². The molecule has 3 nitrogen and oxygen atoms in total. The molecule has 0 bridgehead atoms. The van der Waals surface area contributed by atoms with Crippen molar-refractivity contribution in [3.8, 4) is 0 Å². The second kappa shape index (κ2) is 6.04. The van der Waals surface area contributed by atoms with Crippen LogP contribution in [0, 0.1) is 17.6 Å². The maximum absolute atomic E-state index is 13.9. The molecule has 0 fully saturated rings. The standard InChI is InChI=1S/C20H24F2N2O/c1-12(2)9-20(5)11-19(3,4)25-18(24-20)14-8-13-6-7-15(21)16(22)17(13)23-10-14/h6-8,10,12H,9,11H2,1-5H3. The van der Waals surface area contributed by atoms with Crippen molar-refractivity contribution >= 4 is 16.8 Å². The summed E-state index contributed by atoms with van der Waals surface area (Å²) in [6.07, 6.45) is 3.27. The van der Waals surface area contributed by atoms with Gasteiger partial charge in [-0.15, -0.1) is 0 Å². The van der Waals surface area contributed by atoms with Crippen molar-refractivity contribution in [2.75, 3.05) is 0 Å². The van der Waals surface area contributed by atoms with Gasteiger partial charge in [0.25, 0.3) is 0 Å². The third-order valence-electron chi connectivity index (χ3n) is 4.39. The quantitative estimate of drug-likeness (QED) is 0.759. The van der Waals surface area contributed by atoms with Crippen LogP contribution in [-0.2, 0) is 4.74 Å². The normalized spacial score (nSPS) is 22.8. The number of fused-ring (bicyclic) bond motifs is 1. The molecule has 0 N–H and O–H groups in total. The summed E-state index contributed by atoms with van der Waals surface area (Å²) in [6.45, 7) is 10.6. The summed E-state index contributed by atoms with van der Waals surface area (Å²) >= 11 is 0. The van der Waals surface area contributed by atoms with Crippen LogP contribution in [-0.4, -0.2) is 22.0 Å². The highest BCUT2D eigenvalue weighted by atomic mass is 19.2. The molecule has 2 aromatic rings. The van der Waals surface area contributed by atoms with Crippen LogP contribution in [0.2, 0.25) is 0 Å². The molecule has 2 heterocycles. The summed E-state index contributed by atoms with van der Waals surface area (Å²) in [7, 11) is 0. The second-order valence-corrected chi connectivity index (χ2v) is 8.21. The molecule has 1 aliphatic heterocycles. The lowest BCUT2D eigenvalue weighted by Crippen LogP contribution is -2.44. The average Bonchev–Trinajstić information content (AvgIpc) is 2.47. The summed E-state index contributed by atoms with van der Waals surface area (Å²) in [5.74, 6) is -0.806. The van der Waals surface area contributed by atoms with Crippen molar-refractivity contribution in [2.45, 2.75) is 58.6 Å². The summed E-state index contributed by atoms with van der Waals surface area (Å²) in [5.41, 5.74) is 0.114. The van der Waals surface area contributed by atoms with Crippen LogP contribution >= 0.6 is 0 Å². The molecule has 1 aliphatic rings. The van der Waals surface area contributed by atoms with Gasteiger partial charge in [0.2, 0.25) is 5.90 Å². The van der Waals surface area contributed by atoms with Gasteiger partial charge >= 0.3 is 0 Å². The molecular weight excluding hydrogens is 322 g/mol. The van der Waals surface area contributed by atoms with Crippen LogP contribution in [0.1, 0.15) is 53.0 Å². The molecule has 1 atom stereocenters. The highest BCUT2D eigenvalue weighted by Gasteiger charge is 2.40. The minimum Gasteiger partial charge on any atom is -0.471 e. The summed E-state index contributed by atoms with van der Waals surface area (Å²) < 4.78 is 33.3. The molecular formula is C20H24F2N2O. The van der Waals surface area contributed by atoms with E-state index in [0.29, 0.717) is 22.8 Å². The van der Waals surface area contributed by atoms with Crippen molar-refractivity contribution in [1.82, 2.24) is 4.98 Å². The van der Waals surface area contributed by atoms with Crippen LogP contribution in [0.3, 0.4) is 0 Å². The number of rotatable bonds is 3. The van der Waals surface area contributed by atoms with E-state index in [-0.39, 0.29) is 16.7 Å². The van der Waals surface area contributed by atoms with Crippen molar-refractivity contribution in [3.63, 3.8) is 0 Å². The lowest BCUT2D eigenvalue weighted by molar-refractivity contribution is 0.0379. The van der Waals surface area contributed by atoms with Gasteiger partial charge in [-0.3, -0.25) is 4.98 Å². The number of halogens is 2. The van der Waals surface area contributed by atoms with Crippen LogP contribution in [0.5, 0.6) is 0 Å². The lowest BCUT2D eigenvalue weighted by Gasteiger charge is -2.41. The first-order valence-electron chi connectivity index (χ1n) is 8.62. The molecule has 134 valence electrons. The first-order valence-corrected chi connectivity index (χ1v) is 8.62. The van der Waals surface area contributed by atoms with Crippen molar-refractivity contribution < 1.29 is 13.5 Å². The summed E-state index contributed by atoms with van der Waals surface area (Å²) in [5, 5.41) is 0.525. The van der Waals surface area contributed by atoms with Crippen molar-refractivity contribution in [1.29, 1.82) is 0 Å². The number of pyridine rings is 1. The molecule has 25 heavy (non-hydrogen) atoms. The van der Waals surface area contributed by atoms with Crippen LogP contribution in [0.15, 0.2) is 29.4 Å². The third-order valence-corrected chi connectivity index (χ3v) is 4.39. The van der Waals surface area contributed by atoms with E-state index in [2.05, 4.69) is 25.8 Å². The molecule has 0 amide bonds. The Morgan fingerprint density at radius 2 is 1.92 bits per heavy atom. The van der Waals surface area contributed by atoms with E-state index in [1.165, 1.54) is 12.3 Å². The molecule has 0 radical (unpaired) electrons. The highest BCUT2D eigenvalue weighted by Crippen LogP contribution is 2.37. The molecule has 1 aromatic heterocycles. The van der Waals surface area contributed by atoms with Crippen molar-refractivity contribution in [2.24, 2.45) is 10.9 Å². The first-order chi connectivity index (χ1) is 11.6. The fraction of sp³-hybridized carbons (Fsp3) is 0.500. The van der Waals surface area contributed by atoms with Gasteiger partial charge in [0, 0.05) is 18.0 Å². The van der Waals surface area contributed by atoms with Crippen LogP contribution in [0.25, 0.3) is 10.9 Å². The lowest BCUT2D eigenvalue weighted by atomic mass is 9.81. The molecule has 1 aromatic carbocycles. The molecule has 0 saturated heterocycles. The highest BCUT2D eigenvalue weighted by molar-refractivity contribution is 5.98. The first kappa shape index (κ1) is 17.8. The molecule has 0 saturated carbocycles. The minimum absolute atomic E-state index is 0.0179. The summed E-state index contributed by atoms with van der Waals surface area (Å²) in [4.78, 5) is 8.95. The SMILES string of the molecule is CC(C)CC1(C)CC(C)(C)OC(c2cnc3c(F)c(F)ccc3c2)=N1. The zero-order valence-electron chi connectivity index (χ0n) is 15.4. The maximum Gasteiger partial charge on any atom is 0.218 e.